The van der Waals surface area contributed by atoms with Crippen molar-refractivity contribution >= 4 is 6.03 Å². The SMILES string of the molecule is CCCC[C@@H](CC)CNC(=O)N1CCCC1. The first-order valence-electron chi connectivity index (χ1n) is 6.80. The third-order valence-corrected chi connectivity index (χ3v) is 3.48. The van der Waals surface area contributed by atoms with Gasteiger partial charge in [-0.3, -0.25) is 0 Å². The summed E-state index contributed by atoms with van der Waals surface area (Å²) in [6.45, 7) is 7.17. The fourth-order valence-electron chi connectivity index (χ4n) is 2.21. The van der Waals surface area contributed by atoms with E-state index in [1.54, 1.807) is 0 Å². The first-order chi connectivity index (χ1) is 7.77. The maximum absolute atomic E-state index is 11.8. The number of likely N-dealkylation sites (tertiary alicyclic amines) is 1. The topological polar surface area (TPSA) is 32.3 Å². The van der Waals surface area contributed by atoms with E-state index in [9.17, 15) is 4.79 Å². The van der Waals surface area contributed by atoms with Crippen LogP contribution in [0.15, 0.2) is 0 Å². The highest BCUT2D eigenvalue weighted by Crippen LogP contribution is 2.12. The van der Waals surface area contributed by atoms with Crippen molar-refractivity contribution in [3.63, 3.8) is 0 Å². The van der Waals surface area contributed by atoms with Crippen LogP contribution in [0, 0.1) is 5.92 Å². The summed E-state index contributed by atoms with van der Waals surface area (Å²) >= 11 is 0. The Kier molecular flexibility index (Phi) is 6.27. The van der Waals surface area contributed by atoms with Crippen LogP contribution in [-0.2, 0) is 0 Å². The number of hydrogen-bond donors (Lipinski definition) is 1. The number of carbonyl (C=O) groups excluding carboxylic acids is 1. The average molecular weight is 226 g/mol. The van der Waals surface area contributed by atoms with Crippen LogP contribution in [0.4, 0.5) is 4.79 Å². The second-order valence-corrected chi connectivity index (χ2v) is 4.80. The predicted octanol–water partition coefficient (Wildman–Crippen LogP) is 3.01. The normalized spacial score (nSPS) is 17.5. The van der Waals surface area contributed by atoms with Crippen molar-refractivity contribution < 1.29 is 4.79 Å². The van der Waals surface area contributed by atoms with Gasteiger partial charge in [-0.05, 0) is 25.2 Å². The van der Waals surface area contributed by atoms with Crippen molar-refractivity contribution in [3.05, 3.63) is 0 Å². The van der Waals surface area contributed by atoms with Crippen molar-refractivity contribution in [2.24, 2.45) is 5.92 Å². The Morgan fingerprint density at radius 1 is 1.31 bits per heavy atom. The highest BCUT2D eigenvalue weighted by Gasteiger charge is 2.18. The molecule has 1 atom stereocenters. The second-order valence-electron chi connectivity index (χ2n) is 4.80. The molecule has 0 aromatic heterocycles. The van der Waals surface area contributed by atoms with E-state index >= 15 is 0 Å². The van der Waals surface area contributed by atoms with E-state index in [0.29, 0.717) is 5.92 Å². The van der Waals surface area contributed by atoms with Gasteiger partial charge in [0.05, 0.1) is 0 Å². The van der Waals surface area contributed by atoms with Gasteiger partial charge in [-0.15, -0.1) is 0 Å². The Bertz CT molecular complexity index is 200. The summed E-state index contributed by atoms with van der Waals surface area (Å²) in [5, 5.41) is 3.07. The molecule has 0 spiro atoms. The number of urea groups is 1. The number of hydrogen-bond acceptors (Lipinski definition) is 1. The molecule has 0 aromatic carbocycles. The molecule has 0 unspecified atom stereocenters. The molecule has 1 saturated heterocycles. The van der Waals surface area contributed by atoms with Gasteiger partial charge in [-0.1, -0.05) is 33.1 Å². The Morgan fingerprint density at radius 2 is 2.00 bits per heavy atom. The fourth-order valence-corrected chi connectivity index (χ4v) is 2.21. The number of nitrogens with one attached hydrogen (secondary N) is 1. The maximum atomic E-state index is 11.8. The molecule has 0 saturated carbocycles. The molecule has 0 bridgehead atoms. The summed E-state index contributed by atoms with van der Waals surface area (Å²) in [6, 6.07) is 0.146. The van der Waals surface area contributed by atoms with E-state index in [4.69, 9.17) is 0 Å². The molecule has 0 aromatic rings. The summed E-state index contributed by atoms with van der Waals surface area (Å²) in [7, 11) is 0. The Labute approximate surface area is 99.6 Å². The van der Waals surface area contributed by atoms with Gasteiger partial charge in [-0.25, -0.2) is 4.79 Å². The molecule has 1 N–H and O–H groups in total. The smallest absolute Gasteiger partial charge is 0.317 e. The maximum Gasteiger partial charge on any atom is 0.317 e. The summed E-state index contributed by atoms with van der Waals surface area (Å²) in [6.07, 6.45) is 7.27. The third-order valence-electron chi connectivity index (χ3n) is 3.48. The van der Waals surface area contributed by atoms with Crippen LogP contribution in [0.2, 0.25) is 0 Å². The van der Waals surface area contributed by atoms with Crippen LogP contribution in [0.25, 0.3) is 0 Å². The fraction of sp³-hybridized carbons (Fsp3) is 0.923. The van der Waals surface area contributed by atoms with Crippen LogP contribution in [-0.4, -0.2) is 30.6 Å². The summed E-state index contributed by atoms with van der Waals surface area (Å²) in [5.41, 5.74) is 0. The monoisotopic (exact) mass is 226 g/mol. The zero-order valence-corrected chi connectivity index (χ0v) is 10.8. The molecule has 3 nitrogen and oxygen atoms in total. The van der Waals surface area contributed by atoms with Crippen LogP contribution >= 0.6 is 0 Å². The van der Waals surface area contributed by atoms with Gasteiger partial charge in [0.15, 0.2) is 0 Å². The quantitative estimate of drug-likeness (QED) is 0.742. The van der Waals surface area contributed by atoms with Gasteiger partial charge in [0, 0.05) is 19.6 Å². The van der Waals surface area contributed by atoms with Gasteiger partial charge in [0.1, 0.15) is 0 Å². The van der Waals surface area contributed by atoms with Crippen LogP contribution < -0.4 is 5.32 Å². The molecular weight excluding hydrogens is 200 g/mol. The average Bonchev–Trinajstić information content (AvgIpc) is 2.82. The molecular formula is C13H26N2O. The van der Waals surface area contributed by atoms with Crippen molar-refractivity contribution in [1.82, 2.24) is 10.2 Å². The van der Waals surface area contributed by atoms with Crippen molar-refractivity contribution in [2.45, 2.75) is 52.4 Å². The minimum absolute atomic E-state index is 0.146. The van der Waals surface area contributed by atoms with Crippen molar-refractivity contribution in [1.29, 1.82) is 0 Å². The number of rotatable bonds is 6. The van der Waals surface area contributed by atoms with Crippen molar-refractivity contribution in [2.75, 3.05) is 19.6 Å². The van der Waals surface area contributed by atoms with E-state index < -0.39 is 0 Å². The Hall–Kier alpha value is -0.730. The lowest BCUT2D eigenvalue weighted by Crippen LogP contribution is -2.40. The second kappa shape index (κ2) is 7.53. The molecule has 1 aliphatic heterocycles. The van der Waals surface area contributed by atoms with Crippen LogP contribution in [0.3, 0.4) is 0 Å². The van der Waals surface area contributed by atoms with Gasteiger partial charge >= 0.3 is 6.03 Å². The van der Waals surface area contributed by atoms with Crippen LogP contribution in [0.1, 0.15) is 52.4 Å². The zero-order valence-electron chi connectivity index (χ0n) is 10.8. The van der Waals surface area contributed by atoms with E-state index in [1.165, 1.54) is 38.5 Å². The number of nitrogens with zero attached hydrogens (tertiary/aromatic N) is 1. The lowest BCUT2D eigenvalue weighted by atomic mass is 9.99. The van der Waals surface area contributed by atoms with Crippen molar-refractivity contribution in [3.8, 4) is 0 Å². The van der Waals surface area contributed by atoms with Gasteiger partial charge < -0.3 is 10.2 Å². The molecule has 1 aliphatic rings. The molecule has 2 amide bonds. The lowest BCUT2D eigenvalue weighted by Gasteiger charge is -2.20. The Balaban J connectivity index is 2.17. The van der Waals surface area contributed by atoms with Gasteiger partial charge in [0.2, 0.25) is 0 Å². The first-order valence-corrected chi connectivity index (χ1v) is 6.80. The summed E-state index contributed by atoms with van der Waals surface area (Å²) < 4.78 is 0. The van der Waals surface area contributed by atoms with E-state index in [-0.39, 0.29) is 6.03 Å². The van der Waals surface area contributed by atoms with E-state index in [2.05, 4.69) is 19.2 Å². The minimum atomic E-state index is 0.146. The number of amides is 2. The molecule has 16 heavy (non-hydrogen) atoms. The number of carbonyl (C=O) groups is 1. The molecule has 3 heteroatoms. The molecule has 0 aliphatic carbocycles. The largest absolute Gasteiger partial charge is 0.338 e. The van der Waals surface area contributed by atoms with Gasteiger partial charge in [-0.2, -0.15) is 0 Å². The summed E-state index contributed by atoms with van der Waals surface area (Å²) in [5.74, 6) is 0.659. The molecule has 1 heterocycles. The minimum Gasteiger partial charge on any atom is -0.338 e. The van der Waals surface area contributed by atoms with E-state index in [0.717, 1.165) is 19.6 Å². The molecule has 1 fully saturated rings. The highest BCUT2D eigenvalue weighted by molar-refractivity contribution is 5.74. The molecule has 1 rings (SSSR count). The lowest BCUT2D eigenvalue weighted by molar-refractivity contribution is 0.206. The Morgan fingerprint density at radius 3 is 2.56 bits per heavy atom. The van der Waals surface area contributed by atoms with Crippen LogP contribution in [0.5, 0.6) is 0 Å². The predicted molar refractivity (Wildman–Crippen MR) is 67.5 cm³/mol. The molecule has 0 radical (unpaired) electrons. The highest BCUT2D eigenvalue weighted by atomic mass is 16.2. The van der Waals surface area contributed by atoms with Gasteiger partial charge in [0.25, 0.3) is 0 Å². The standard InChI is InChI=1S/C13H26N2O/c1-3-5-8-12(4-2)11-14-13(16)15-9-6-7-10-15/h12H,3-11H2,1-2H3,(H,14,16)/t12-/m1/s1. The summed E-state index contributed by atoms with van der Waals surface area (Å²) in [4.78, 5) is 13.7. The number of unbranched alkanes of at least 4 members (excludes halogenated alkanes) is 1. The third kappa shape index (κ3) is 4.42. The zero-order chi connectivity index (χ0) is 11.8. The van der Waals surface area contributed by atoms with E-state index in [1.807, 2.05) is 4.90 Å². The molecule has 94 valence electrons. The first kappa shape index (κ1) is 13.3.